The predicted molar refractivity (Wildman–Crippen MR) is 77.5 cm³/mol. The van der Waals surface area contributed by atoms with Gasteiger partial charge in [-0.1, -0.05) is 39.0 Å². The first-order chi connectivity index (χ1) is 8.72. The Morgan fingerprint density at radius 2 is 1.94 bits per heavy atom. The van der Waals surface area contributed by atoms with Gasteiger partial charge in [0.15, 0.2) is 0 Å². The standard InChI is InChI=1S/C16H22N2/c1-4-15(12(2)3)18-11-13-9-10-17-16-8-6-5-7-14(13)16/h5-10,12,15,18H,4,11H2,1-3H3. The molecule has 0 amide bonds. The summed E-state index contributed by atoms with van der Waals surface area (Å²) >= 11 is 0. The molecule has 0 aliphatic rings. The van der Waals surface area contributed by atoms with E-state index in [0.717, 1.165) is 12.1 Å². The van der Waals surface area contributed by atoms with Crippen LogP contribution < -0.4 is 5.32 Å². The summed E-state index contributed by atoms with van der Waals surface area (Å²) in [5.74, 6) is 0.670. The molecule has 0 aliphatic heterocycles. The van der Waals surface area contributed by atoms with Gasteiger partial charge in [-0.3, -0.25) is 4.98 Å². The van der Waals surface area contributed by atoms with Crippen LogP contribution in [0.3, 0.4) is 0 Å². The van der Waals surface area contributed by atoms with Gasteiger partial charge in [0.2, 0.25) is 0 Å². The molecule has 0 fully saturated rings. The molecule has 0 radical (unpaired) electrons. The van der Waals surface area contributed by atoms with Gasteiger partial charge in [-0.25, -0.2) is 0 Å². The smallest absolute Gasteiger partial charge is 0.0705 e. The van der Waals surface area contributed by atoms with Gasteiger partial charge < -0.3 is 5.32 Å². The van der Waals surface area contributed by atoms with Crippen molar-refractivity contribution in [1.82, 2.24) is 10.3 Å². The van der Waals surface area contributed by atoms with Crippen LogP contribution in [0.25, 0.3) is 10.9 Å². The summed E-state index contributed by atoms with van der Waals surface area (Å²) < 4.78 is 0. The summed E-state index contributed by atoms with van der Waals surface area (Å²) in [6, 6.07) is 11.0. The van der Waals surface area contributed by atoms with Crippen molar-refractivity contribution in [2.45, 2.75) is 39.8 Å². The average Bonchev–Trinajstić information content (AvgIpc) is 2.39. The van der Waals surface area contributed by atoms with Crippen molar-refractivity contribution in [3.05, 3.63) is 42.1 Å². The second-order valence-corrected chi connectivity index (χ2v) is 5.13. The molecular formula is C16H22N2. The molecule has 0 aliphatic carbocycles. The number of para-hydroxylation sites is 1. The van der Waals surface area contributed by atoms with Crippen molar-refractivity contribution in [3.8, 4) is 0 Å². The Labute approximate surface area is 109 Å². The largest absolute Gasteiger partial charge is 0.310 e. The van der Waals surface area contributed by atoms with Crippen molar-refractivity contribution in [3.63, 3.8) is 0 Å². The molecule has 1 N–H and O–H groups in total. The fourth-order valence-corrected chi connectivity index (χ4v) is 2.40. The number of nitrogens with zero attached hydrogens (tertiary/aromatic N) is 1. The van der Waals surface area contributed by atoms with Crippen molar-refractivity contribution in [2.75, 3.05) is 0 Å². The maximum absolute atomic E-state index is 4.40. The van der Waals surface area contributed by atoms with Crippen LogP contribution in [0.15, 0.2) is 36.5 Å². The Kier molecular flexibility index (Phi) is 4.32. The monoisotopic (exact) mass is 242 g/mol. The number of benzene rings is 1. The molecule has 2 nitrogen and oxygen atoms in total. The zero-order valence-electron chi connectivity index (χ0n) is 11.5. The second-order valence-electron chi connectivity index (χ2n) is 5.13. The van der Waals surface area contributed by atoms with Gasteiger partial charge in [-0.2, -0.15) is 0 Å². The highest BCUT2D eigenvalue weighted by Crippen LogP contribution is 2.16. The molecule has 2 heteroatoms. The van der Waals surface area contributed by atoms with E-state index in [0.29, 0.717) is 12.0 Å². The summed E-state index contributed by atoms with van der Waals surface area (Å²) in [6.45, 7) is 7.69. The van der Waals surface area contributed by atoms with Crippen molar-refractivity contribution in [2.24, 2.45) is 5.92 Å². The van der Waals surface area contributed by atoms with Crippen LogP contribution in [-0.2, 0) is 6.54 Å². The van der Waals surface area contributed by atoms with Gasteiger partial charge in [-0.15, -0.1) is 0 Å². The third-order valence-electron chi connectivity index (χ3n) is 3.54. The Balaban J connectivity index is 2.17. The molecule has 1 unspecified atom stereocenters. The molecule has 1 atom stereocenters. The summed E-state index contributed by atoms with van der Waals surface area (Å²) in [7, 11) is 0. The number of pyridine rings is 1. The number of hydrogen-bond donors (Lipinski definition) is 1. The molecule has 1 heterocycles. The third kappa shape index (κ3) is 2.88. The van der Waals surface area contributed by atoms with Crippen LogP contribution in [0, 0.1) is 5.92 Å². The van der Waals surface area contributed by atoms with Gasteiger partial charge in [0.25, 0.3) is 0 Å². The first-order valence-corrected chi connectivity index (χ1v) is 6.78. The third-order valence-corrected chi connectivity index (χ3v) is 3.54. The molecule has 18 heavy (non-hydrogen) atoms. The van der Waals surface area contributed by atoms with Crippen LogP contribution >= 0.6 is 0 Å². The molecule has 2 aromatic rings. The van der Waals surface area contributed by atoms with E-state index in [4.69, 9.17) is 0 Å². The first-order valence-electron chi connectivity index (χ1n) is 6.78. The molecular weight excluding hydrogens is 220 g/mol. The topological polar surface area (TPSA) is 24.9 Å². The summed E-state index contributed by atoms with van der Waals surface area (Å²) in [4.78, 5) is 4.40. The Bertz CT molecular complexity index is 500. The highest BCUT2D eigenvalue weighted by molar-refractivity contribution is 5.81. The molecule has 0 bridgehead atoms. The minimum Gasteiger partial charge on any atom is -0.310 e. The van der Waals surface area contributed by atoms with Gasteiger partial charge in [0.05, 0.1) is 5.52 Å². The molecule has 0 saturated carbocycles. The van der Waals surface area contributed by atoms with E-state index in [1.807, 2.05) is 12.3 Å². The highest BCUT2D eigenvalue weighted by Gasteiger charge is 2.10. The van der Waals surface area contributed by atoms with Crippen LogP contribution in [0.1, 0.15) is 32.8 Å². The Hall–Kier alpha value is -1.41. The van der Waals surface area contributed by atoms with E-state index in [2.05, 4.69) is 55.3 Å². The zero-order valence-corrected chi connectivity index (χ0v) is 11.5. The van der Waals surface area contributed by atoms with E-state index in [1.54, 1.807) is 0 Å². The number of hydrogen-bond acceptors (Lipinski definition) is 2. The summed E-state index contributed by atoms with van der Waals surface area (Å²) in [6.07, 6.45) is 3.07. The number of rotatable bonds is 5. The maximum Gasteiger partial charge on any atom is 0.0705 e. The maximum atomic E-state index is 4.40. The molecule has 0 spiro atoms. The van der Waals surface area contributed by atoms with Crippen LogP contribution in [0.2, 0.25) is 0 Å². The zero-order chi connectivity index (χ0) is 13.0. The molecule has 0 saturated heterocycles. The number of aromatic nitrogens is 1. The Morgan fingerprint density at radius 1 is 1.17 bits per heavy atom. The highest BCUT2D eigenvalue weighted by atomic mass is 14.9. The summed E-state index contributed by atoms with van der Waals surface area (Å²) in [5, 5.41) is 4.91. The molecule has 1 aromatic heterocycles. The minimum absolute atomic E-state index is 0.580. The van der Waals surface area contributed by atoms with Gasteiger partial charge in [0.1, 0.15) is 0 Å². The fraction of sp³-hybridized carbons (Fsp3) is 0.438. The van der Waals surface area contributed by atoms with Gasteiger partial charge >= 0.3 is 0 Å². The van der Waals surface area contributed by atoms with E-state index in [-0.39, 0.29) is 0 Å². The number of fused-ring (bicyclic) bond motifs is 1. The fourth-order valence-electron chi connectivity index (χ4n) is 2.40. The van der Waals surface area contributed by atoms with Crippen LogP contribution in [-0.4, -0.2) is 11.0 Å². The van der Waals surface area contributed by atoms with Crippen LogP contribution in [0.5, 0.6) is 0 Å². The lowest BCUT2D eigenvalue weighted by atomic mass is 10.0. The van der Waals surface area contributed by atoms with Gasteiger partial charge in [0, 0.05) is 24.2 Å². The Morgan fingerprint density at radius 3 is 2.67 bits per heavy atom. The van der Waals surface area contributed by atoms with Crippen LogP contribution in [0.4, 0.5) is 0 Å². The lowest BCUT2D eigenvalue weighted by Gasteiger charge is -2.21. The van der Waals surface area contributed by atoms with Crippen molar-refractivity contribution < 1.29 is 0 Å². The number of nitrogens with one attached hydrogen (secondary N) is 1. The van der Waals surface area contributed by atoms with Crippen molar-refractivity contribution in [1.29, 1.82) is 0 Å². The quantitative estimate of drug-likeness (QED) is 0.863. The van der Waals surface area contributed by atoms with E-state index < -0.39 is 0 Å². The first kappa shape index (κ1) is 13.0. The van der Waals surface area contributed by atoms with Gasteiger partial charge in [-0.05, 0) is 30.0 Å². The molecule has 2 rings (SSSR count). The van der Waals surface area contributed by atoms with E-state index in [1.165, 1.54) is 17.4 Å². The lowest BCUT2D eigenvalue weighted by molar-refractivity contribution is 0.388. The minimum atomic E-state index is 0.580. The van der Waals surface area contributed by atoms with E-state index >= 15 is 0 Å². The molecule has 1 aromatic carbocycles. The normalized spacial score (nSPS) is 13.1. The summed E-state index contributed by atoms with van der Waals surface area (Å²) in [5.41, 5.74) is 2.41. The SMILES string of the molecule is CCC(NCc1ccnc2ccccc12)C(C)C. The molecule has 96 valence electrons. The van der Waals surface area contributed by atoms with Crippen molar-refractivity contribution >= 4 is 10.9 Å². The van der Waals surface area contributed by atoms with E-state index in [9.17, 15) is 0 Å². The average molecular weight is 242 g/mol. The second kappa shape index (κ2) is 5.96. The predicted octanol–water partition coefficient (Wildman–Crippen LogP) is 3.76. The lowest BCUT2D eigenvalue weighted by Crippen LogP contribution is -2.32.